The van der Waals surface area contributed by atoms with Gasteiger partial charge in [-0.05, 0) is 19.1 Å². The molecule has 2 aromatic rings. The van der Waals surface area contributed by atoms with Crippen LogP contribution >= 0.6 is 35.0 Å². The fourth-order valence-corrected chi connectivity index (χ4v) is 3.28. The summed E-state index contributed by atoms with van der Waals surface area (Å²) in [5, 5.41) is 11.6. The number of nitrogens with zero attached hydrogens (tertiary/aromatic N) is 3. The predicted molar refractivity (Wildman–Crippen MR) is 98.9 cm³/mol. The first kappa shape index (κ1) is 19.6. The van der Waals surface area contributed by atoms with E-state index in [4.69, 9.17) is 28.9 Å². The second-order valence-electron chi connectivity index (χ2n) is 5.27. The molecule has 1 aromatic heterocycles. The summed E-state index contributed by atoms with van der Waals surface area (Å²) in [6.07, 6.45) is 0.590. The van der Waals surface area contributed by atoms with Gasteiger partial charge in [-0.25, -0.2) is 0 Å². The molecular formula is C15H17Cl2N5O2S. The van der Waals surface area contributed by atoms with Crippen LogP contribution in [0.3, 0.4) is 0 Å². The smallest absolute Gasteiger partial charge is 0.237 e. The molecule has 0 aliphatic heterocycles. The molecule has 7 nitrogen and oxygen atoms in total. The third-order valence-electron chi connectivity index (χ3n) is 3.38. The minimum atomic E-state index is -0.459. The minimum Gasteiger partial charge on any atom is -0.370 e. The van der Waals surface area contributed by atoms with E-state index in [1.54, 1.807) is 36.7 Å². The van der Waals surface area contributed by atoms with Gasteiger partial charge in [0.25, 0.3) is 0 Å². The molecule has 0 saturated carbocycles. The van der Waals surface area contributed by atoms with Gasteiger partial charge in [-0.15, -0.1) is 10.2 Å². The maximum absolute atomic E-state index is 12.4. The van der Waals surface area contributed by atoms with Crippen LogP contribution in [-0.4, -0.2) is 31.8 Å². The Labute approximate surface area is 159 Å². The van der Waals surface area contributed by atoms with E-state index < -0.39 is 11.2 Å². The van der Waals surface area contributed by atoms with E-state index >= 15 is 0 Å². The van der Waals surface area contributed by atoms with Crippen molar-refractivity contribution >= 4 is 52.5 Å². The Kier molecular flexibility index (Phi) is 6.69. The fourth-order valence-electron chi connectivity index (χ4n) is 1.95. The molecule has 3 N–H and O–H groups in total. The zero-order valence-corrected chi connectivity index (χ0v) is 16.0. The predicted octanol–water partition coefficient (Wildman–Crippen LogP) is 2.66. The van der Waals surface area contributed by atoms with Gasteiger partial charge in [0.15, 0.2) is 5.16 Å². The summed E-state index contributed by atoms with van der Waals surface area (Å²) in [5.41, 5.74) is 5.52. The summed E-state index contributed by atoms with van der Waals surface area (Å²) in [7, 11) is 1.77. The number of carbonyl (C=O) groups is 2. The van der Waals surface area contributed by atoms with Crippen LogP contribution in [0.2, 0.25) is 10.0 Å². The minimum absolute atomic E-state index is 0.192. The number of aromatic nitrogens is 3. The Morgan fingerprint density at radius 2 is 1.96 bits per heavy atom. The number of aryl methyl sites for hydroxylation is 1. The number of thioether (sulfide) groups is 1. The standard InChI is InChI=1S/C15H17Cl2N5O2S/c1-8(14(24)19-13-9(16)4-3-5-10(13)17)25-15-21-20-12(22(15)2)7-6-11(18)23/h3-5,8H,6-7H2,1-2H3,(H2,18,23)(H,19,24)/t8-/m1/s1. The average Bonchev–Trinajstić information content (AvgIpc) is 2.89. The molecule has 0 unspecified atom stereocenters. The number of nitrogens with one attached hydrogen (secondary N) is 1. The van der Waals surface area contributed by atoms with Crippen molar-refractivity contribution in [2.24, 2.45) is 12.8 Å². The maximum atomic E-state index is 12.4. The number of rotatable bonds is 7. The molecule has 0 radical (unpaired) electrons. The summed E-state index contributed by atoms with van der Waals surface area (Å²) in [5.74, 6) is -0.0358. The van der Waals surface area contributed by atoms with E-state index in [-0.39, 0.29) is 12.3 Å². The van der Waals surface area contributed by atoms with Crippen LogP contribution in [0.5, 0.6) is 0 Å². The van der Waals surface area contributed by atoms with E-state index in [0.717, 1.165) is 0 Å². The number of hydrogen-bond acceptors (Lipinski definition) is 5. The van der Waals surface area contributed by atoms with Crippen LogP contribution in [0, 0.1) is 0 Å². The zero-order chi connectivity index (χ0) is 18.6. The largest absolute Gasteiger partial charge is 0.370 e. The van der Waals surface area contributed by atoms with Crippen molar-refractivity contribution in [3.63, 3.8) is 0 Å². The van der Waals surface area contributed by atoms with Crippen LogP contribution in [0.25, 0.3) is 0 Å². The zero-order valence-electron chi connectivity index (χ0n) is 13.6. The van der Waals surface area contributed by atoms with E-state index in [1.165, 1.54) is 11.8 Å². The fraction of sp³-hybridized carbons (Fsp3) is 0.333. The summed E-state index contributed by atoms with van der Waals surface area (Å²) >= 11 is 13.4. The van der Waals surface area contributed by atoms with Crippen molar-refractivity contribution in [2.75, 3.05) is 5.32 Å². The topological polar surface area (TPSA) is 103 Å². The van der Waals surface area contributed by atoms with Crippen LogP contribution in [0.4, 0.5) is 5.69 Å². The van der Waals surface area contributed by atoms with Crippen LogP contribution in [-0.2, 0) is 23.1 Å². The van der Waals surface area contributed by atoms with Gasteiger partial charge < -0.3 is 15.6 Å². The van der Waals surface area contributed by atoms with Crippen LogP contribution in [0.15, 0.2) is 23.4 Å². The van der Waals surface area contributed by atoms with Crippen molar-refractivity contribution in [2.45, 2.75) is 30.2 Å². The lowest BCUT2D eigenvalue weighted by atomic mass is 10.3. The second kappa shape index (κ2) is 8.55. The Hall–Kier alpha value is -1.77. The van der Waals surface area contributed by atoms with Crippen molar-refractivity contribution in [3.05, 3.63) is 34.1 Å². The average molecular weight is 402 g/mol. The van der Waals surface area contributed by atoms with Crippen LogP contribution in [0.1, 0.15) is 19.2 Å². The third-order valence-corrected chi connectivity index (χ3v) is 5.15. The summed E-state index contributed by atoms with van der Waals surface area (Å²) in [6, 6.07) is 4.99. The van der Waals surface area contributed by atoms with E-state index in [9.17, 15) is 9.59 Å². The molecule has 1 heterocycles. The molecule has 0 fully saturated rings. The summed E-state index contributed by atoms with van der Waals surface area (Å²) in [4.78, 5) is 23.3. The number of nitrogens with two attached hydrogens (primary N) is 1. The first-order valence-electron chi connectivity index (χ1n) is 7.37. The van der Waals surface area contributed by atoms with Crippen molar-refractivity contribution in [1.82, 2.24) is 14.8 Å². The monoisotopic (exact) mass is 401 g/mol. The van der Waals surface area contributed by atoms with E-state index in [2.05, 4.69) is 15.5 Å². The first-order chi connectivity index (χ1) is 11.8. The van der Waals surface area contributed by atoms with Gasteiger partial charge in [0, 0.05) is 19.9 Å². The van der Waals surface area contributed by atoms with Crippen molar-refractivity contribution in [3.8, 4) is 0 Å². The Morgan fingerprint density at radius 1 is 1.32 bits per heavy atom. The van der Waals surface area contributed by atoms with E-state index in [1.807, 2.05) is 0 Å². The first-order valence-corrected chi connectivity index (χ1v) is 9.01. The number of hydrogen-bond donors (Lipinski definition) is 2. The quantitative estimate of drug-likeness (QED) is 0.694. The lowest BCUT2D eigenvalue weighted by Crippen LogP contribution is -2.23. The molecule has 0 bridgehead atoms. The molecule has 10 heteroatoms. The molecule has 2 rings (SSSR count). The van der Waals surface area contributed by atoms with E-state index in [0.29, 0.717) is 33.1 Å². The van der Waals surface area contributed by atoms with Crippen molar-refractivity contribution < 1.29 is 9.59 Å². The number of halogens is 2. The third kappa shape index (κ3) is 5.10. The Morgan fingerprint density at radius 3 is 2.56 bits per heavy atom. The summed E-state index contributed by atoms with van der Waals surface area (Å²) in [6.45, 7) is 1.74. The highest BCUT2D eigenvalue weighted by Crippen LogP contribution is 2.31. The number of para-hydroxylation sites is 1. The van der Waals surface area contributed by atoms with Gasteiger partial charge in [-0.2, -0.15) is 0 Å². The SMILES string of the molecule is C[C@@H](Sc1nnc(CCC(N)=O)n1C)C(=O)Nc1c(Cl)cccc1Cl. The molecular weight excluding hydrogens is 385 g/mol. The molecule has 25 heavy (non-hydrogen) atoms. The number of benzene rings is 1. The van der Waals surface area contributed by atoms with Crippen molar-refractivity contribution in [1.29, 1.82) is 0 Å². The van der Waals surface area contributed by atoms with Gasteiger partial charge in [-0.1, -0.05) is 41.0 Å². The number of primary amides is 1. The highest BCUT2D eigenvalue weighted by atomic mass is 35.5. The molecule has 2 amide bonds. The van der Waals surface area contributed by atoms with Gasteiger partial charge in [0.05, 0.1) is 21.0 Å². The highest BCUT2D eigenvalue weighted by molar-refractivity contribution is 8.00. The lowest BCUT2D eigenvalue weighted by molar-refractivity contribution is -0.118. The lowest BCUT2D eigenvalue weighted by Gasteiger charge is -2.13. The normalized spacial score (nSPS) is 12.0. The molecule has 1 aromatic carbocycles. The van der Waals surface area contributed by atoms with Crippen LogP contribution < -0.4 is 11.1 Å². The summed E-state index contributed by atoms with van der Waals surface area (Å²) < 4.78 is 1.74. The highest BCUT2D eigenvalue weighted by Gasteiger charge is 2.20. The second-order valence-corrected chi connectivity index (χ2v) is 7.39. The molecule has 0 aliphatic carbocycles. The molecule has 0 aliphatic rings. The van der Waals surface area contributed by atoms with Gasteiger partial charge in [-0.3, -0.25) is 9.59 Å². The van der Waals surface area contributed by atoms with Gasteiger partial charge in [0.1, 0.15) is 5.82 Å². The molecule has 0 spiro atoms. The number of anilines is 1. The number of carbonyl (C=O) groups excluding carboxylic acids is 2. The number of amides is 2. The van der Waals surface area contributed by atoms with Gasteiger partial charge in [0.2, 0.25) is 11.8 Å². The Balaban J connectivity index is 2.03. The Bertz CT molecular complexity index is 776. The van der Waals surface area contributed by atoms with Gasteiger partial charge >= 0.3 is 0 Å². The molecule has 1 atom stereocenters. The molecule has 0 saturated heterocycles. The molecule has 134 valence electrons. The maximum Gasteiger partial charge on any atom is 0.237 e.